The Morgan fingerprint density at radius 1 is 1.17 bits per heavy atom. The van der Waals surface area contributed by atoms with Gasteiger partial charge in [0.1, 0.15) is 6.26 Å². The molecule has 1 aromatic carbocycles. The number of hydrogen-bond donors (Lipinski definition) is 1. The zero-order valence-electron chi connectivity index (χ0n) is 6.53. The minimum absolute atomic E-state index is 0.973. The Hall–Kier alpha value is -1.70. The zero-order chi connectivity index (χ0) is 8.23. The van der Waals surface area contributed by atoms with E-state index >= 15 is 0 Å². The van der Waals surface area contributed by atoms with Gasteiger partial charge >= 0.3 is 0 Å². The summed E-state index contributed by atoms with van der Waals surface area (Å²) in [5.74, 6) is 0. The lowest BCUT2D eigenvalue weighted by Crippen LogP contribution is -2.01. The fraction of sp³-hybridized carbons (Fsp3) is 0. The average Bonchev–Trinajstić information content (AvgIpc) is 2.59. The molecule has 0 saturated carbocycles. The second kappa shape index (κ2) is 3.13. The van der Waals surface area contributed by atoms with E-state index in [1.54, 1.807) is 6.26 Å². The van der Waals surface area contributed by atoms with E-state index in [0.717, 1.165) is 11.3 Å². The molecule has 12 heavy (non-hydrogen) atoms. The Morgan fingerprint density at radius 2 is 2.00 bits per heavy atom. The van der Waals surface area contributed by atoms with E-state index in [4.69, 9.17) is 4.84 Å². The first-order valence-corrected chi connectivity index (χ1v) is 3.80. The molecule has 0 fully saturated rings. The van der Waals surface area contributed by atoms with Gasteiger partial charge in [-0.15, -0.1) is 0 Å². The van der Waals surface area contributed by atoms with Crippen LogP contribution in [0.25, 0.3) is 6.08 Å². The van der Waals surface area contributed by atoms with Crippen LogP contribution in [0.5, 0.6) is 0 Å². The minimum Gasteiger partial charge on any atom is -0.390 e. The molecule has 1 aliphatic heterocycles. The van der Waals surface area contributed by atoms with Crippen LogP contribution in [0.1, 0.15) is 5.56 Å². The van der Waals surface area contributed by atoms with Gasteiger partial charge in [0.15, 0.2) is 0 Å². The molecule has 0 radical (unpaired) electrons. The van der Waals surface area contributed by atoms with Gasteiger partial charge in [-0.2, -0.15) is 0 Å². The van der Waals surface area contributed by atoms with Gasteiger partial charge in [-0.05, 0) is 11.6 Å². The first-order valence-electron chi connectivity index (χ1n) is 3.80. The quantitative estimate of drug-likeness (QED) is 0.677. The fourth-order valence-corrected chi connectivity index (χ4v) is 1.05. The van der Waals surface area contributed by atoms with Crippen LogP contribution in [0.3, 0.4) is 0 Å². The summed E-state index contributed by atoms with van der Waals surface area (Å²) in [7, 11) is 0. The molecule has 0 bridgehead atoms. The zero-order valence-corrected chi connectivity index (χ0v) is 6.53. The molecule has 1 aromatic rings. The maximum Gasteiger partial charge on any atom is 0.121 e. The molecule has 1 aliphatic rings. The van der Waals surface area contributed by atoms with Gasteiger partial charge in [-0.25, -0.2) is 5.48 Å². The van der Waals surface area contributed by atoms with E-state index in [-0.39, 0.29) is 0 Å². The Balaban J connectivity index is 2.22. The largest absolute Gasteiger partial charge is 0.390 e. The third-order valence-electron chi connectivity index (χ3n) is 1.61. The van der Waals surface area contributed by atoms with Gasteiger partial charge in [0.2, 0.25) is 0 Å². The molecule has 2 nitrogen and oxygen atoms in total. The predicted octanol–water partition coefficient (Wildman–Crippen LogP) is 2.08. The first kappa shape index (κ1) is 6.98. The summed E-state index contributed by atoms with van der Waals surface area (Å²) in [5.41, 5.74) is 4.89. The van der Waals surface area contributed by atoms with Crippen molar-refractivity contribution in [2.75, 3.05) is 0 Å². The number of hydroxylamine groups is 1. The lowest BCUT2D eigenvalue weighted by atomic mass is 10.2. The van der Waals surface area contributed by atoms with E-state index in [9.17, 15) is 0 Å². The van der Waals surface area contributed by atoms with Crippen molar-refractivity contribution in [3.8, 4) is 0 Å². The highest BCUT2D eigenvalue weighted by molar-refractivity contribution is 5.55. The molecule has 0 aliphatic carbocycles. The maximum absolute atomic E-state index is 4.83. The molecular weight excluding hydrogens is 150 g/mol. The van der Waals surface area contributed by atoms with Crippen molar-refractivity contribution in [1.29, 1.82) is 0 Å². The maximum atomic E-state index is 4.83. The van der Waals surface area contributed by atoms with Crippen molar-refractivity contribution in [3.63, 3.8) is 0 Å². The highest BCUT2D eigenvalue weighted by Gasteiger charge is 1.97. The van der Waals surface area contributed by atoms with Crippen LogP contribution in [-0.2, 0) is 4.84 Å². The second-order valence-corrected chi connectivity index (χ2v) is 2.53. The van der Waals surface area contributed by atoms with Crippen LogP contribution in [-0.4, -0.2) is 0 Å². The van der Waals surface area contributed by atoms with Gasteiger partial charge < -0.3 is 4.84 Å². The summed E-state index contributed by atoms with van der Waals surface area (Å²) >= 11 is 0. The van der Waals surface area contributed by atoms with E-state index < -0.39 is 0 Å². The number of rotatable bonds is 1. The van der Waals surface area contributed by atoms with Gasteiger partial charge in [-0.3, -0.25) is 0 Å². The monoisotopic (exact) mass is 159 g/mol. The molecule has 0 aromatic heterocycles. The Kier molecular flexibility index (Phi) is 1.82. The molecule has 0 atom stereocenters. The third kappa shape index (κ3) is 1.48. The van der Waals surface area contributed by atoms with Gasteiger partial charge in [0.25, 0.3) is 0 Å². The number of benzene rings is 1. The highest BCUT2D eigenvalue weighted by Crippen LogP contribution is 2.08. The number of nitrogens with one attached hydrogen (secondary N) is 1. The molecule has 2 rings (SSSR count). The normalized spacial score (nSPS) is 17.5. The van der Waals surface area contributed by atoms with E-state index in [1.165, 1.54) is 0 Å². The second-order valence-electron chi connectivity index (χ2n) is 2.53. The van der Waals surface area contributed by atoms with Crippen molar-refractivity contribution >= 4 is 6.08 Å². The Morgan fingerprint density at radius 3 is 2.67 bits per heavy atom. The lowest BCUT2D eigenvalue weighted by molar-refractivity contribution is 0.187. The summed E-state index contributed by atoms with van der Waals surface area (Å²) in [6, 6.07) is 10.1. The van der Waals surface area contributed by atoms with Crippen molar-refractivity contribution in [3.05, 3.63) is 53.9 Å². The number of allylic oxidation sites excluding steroid dienone is 1. The summed E-state index contributed by atoms with van der Waals surface area (Å²) < 4.78 is 0. The summed E-state index contributed by atoms with van der Waals surface area (Å²) in [4.78, 5) is 4.83. The third-order valence-corrected chi connectivity index (χ3v) is 1.61. The van der Waals surface area contributed by atoms with Gasteiger partial charge in [-0.1, -0.05) is 30.3 Å². The van der Waals surface area contributed by atoms with Crippen LogP contribution in [0, 0.1) is 0 Å². The average molecular weight is 159 g/mol. The molecule has 0 unspecified atom stereocenters. The smallest absolute Gasteiger partial charge is 0.121 e. The molecule has 0 amide bonds. The fourth-order valence-electron chi connectivity index (χ4n) is 1.05. The van der Waals surface area contributed by atoms with Crippen molar-refractivity contribution in [2.24, 2.45) is 0 Å². The summed E-state index contributed by atoms with van der Waals surface area (Å²) in [6.07, 6.45) is 5.52. The Bertz CT molecular complexity index is 314. The van der Waals surface area contributed by atoms with Crippen LogP contribution >= 0.6 is 0 Å². The molecule has 60 valence electrons. The summed E-state index contributed by atoms with van der Waals surface area (Å²) in [5, 5.41) is 0. The predicted molar refractivity (Wildman–Crippen MR) is 47.8 cm³/mol. The molecule has 1 N–H and O–H groups in total. The summed E-state index contributed by atoms with van der Waals surface area (Å²) in [6.45, 7) is 0. The highest BCUT2D eigenvalue weighted by atomic mass is 16.6. The molecule has 1 heterocycles. The number of hydrogen-bond acceptors (Lipinski definition) is 2. The lowest BCUT2D eigenvalue weighted by Gasteiger charge is -1.96. The van der Waals surface area contributed by atoms with Crippen LogP contribution in [0.2, 0.25) is 0 Å². The van der Waals surface area contributed by atoms with Crippen LogP contribution in [0.15, 0.2) is 48.4 Å². The van der Waals surface area contributed by atoms with Crippen LogP contribution < -0.4 is 5.48 Å². The van der Waals surface area contributed by atoms with Gasteiger partial charge in [0.05, 0.1) is 5.70 Å². The van der Waals surface area contributed by atoms with Gasteiger partial charge in [0, 0.05) is 6.08 Å². The van der Waals surface area contributed by atoms with Crippen molar-refractivity contribution < 1.29 is 4.84 Å². The van der Waals surface area contributed by atoms with Crippen molar-refractivity contribution in [1.82, 2.24) is 5.48 Å². The first-order chi connectivity index (χ1) is 5.95. The standard InChI is InChI=1S/C10H9NO/c1-2-4-9(5-3-1)8-10-6-7-12-11-10/h1-8,11H. The molecule has 2 heteroatoms. The Labute approximate surface area is 71.1 Å². The van der Waals surface area contributed by atoms with E-state index in [1.807, 2.05) is 42.5 Å². The molecule has 0 spiro atoms. The van der Waals surface area contributed by atoms with Crippen molar-refractivity contribution in [2.45, 2.75) is 0 Å². The van der Waals surface area contributed by atoms with Crippen LogP contribution in [0.4, 0.5) is 0 Å². The van der Waals surface area contributed by atoms with E-state index in [0.29, 0.717) is 0 Å². The van der Waals surface area contributed by atoms with E-state index in [2.05, 4.69) is 5.48 Å². The minimum atomic E-state index is 0.973. The SMILES string of the molecule is C1=CC(=Cc2ccccc2)NO1. The molecular formula is C10H9NO. The molecule has 0 saturated heterocycles. The topological polar surface area (TPSA) is 21.3 Å².